The maximum Gasteiger partial charge on any atom is 0.303 e. The highest BCUT2D eigenvalue weighted by Crippen LogP contribution is 2.07. The zero-order valence-electron chi connectivity index (χ0n) is 11.6. The highest BCUT2D eigenvalue weighted by molar-refractivity contribution is 5.93. The number of aromatic nitrogens is 1. The van der Waals surface area contributed by atoms with Crippen LogP contribution < -0.4 is 0 Å². The quantitative estimate of drug-likeness (QED) is 0.709. The lowest BCUT2D eigenvalue weighted by Crippen LogP contribution is -2.33. The molecule has 2 N–H and O–H groups in total. The first kappa shape index (κ1) is 16.6. The van der Waals surface area contributed by atoms with Crippen molar-refractivity contribution >= 4 is 17.8 Å². The topological polar surface area (TPSA) is 108 Å². The second-order valence-electron chi connectivity index (χ2n) is 4.53. The monoisotopic (exact) mass is 294 g/mol. The minimum Gasteiger partial charge on any atom is -0.481 e. The summed E-state index contributed by atoms with van der Waals surface area (Å²) in [6.07, 6.45) is 3.58. The van der Waals surface area contributed by atoms with E-state index in [9.17, 15) is 14.4 Å². The highest BCUT2D eigenvalue weighted by Gasteiger charge is 2.16. The number of hydrogen-bond acceptors (Lipinski definition) is 4. The van der Waals surface area contributed by atoms with Gasteiger partial charge >= 0.3 is 11.9 Å². The minimum absolute atomic E-state index is 0.0320. The van der Waals surface area contributed by atoms with E-state index < -0.39 is 11.9 Å². The molecule has 1 aromatic heterocycles. The lowest BCUT2D eigenvalue weighted by molar-refractivity contribution is -0.138. The van der Waals surface area contributed by atoms with Gasteiger partial charge in [0.2, 0.25) is 0 Å². The van der Waals surface area contributed by atoms with E-state index >= 15 is 0 Å². The van der Waals surface area contributed by atoms with Crippen LogP contribution in [0.3, 0.4) is 0 Å². The van der Waals surface area contributed by atoms with Crippen molar-refractivity contribution in [3.63, 3.8) is 0 Å². The molecule has 0 atom stereocenters. The van der Waals surface area contributed by atoms with Crippen LogP contribution in [-0.4, -0.2) is 51.0 Å². The van der Waals surface area contributed by atoms with Crippen molar-refractivity contribution in [3.8, 4) is 0 Å². The van der Waals surface area contributed by atoms with Crippen LogP contribution >= 0.6 is 0 Å². The Hall–Kier alpha value is -2.44. The van der Waals surface area contributed by atoms with Gasteiger partial charge in [-0.15, -0.1) is 0 Å². The molecule has 0 saturated carbocycles. The molecule has 0 spiro atoms. The van der Waals surface area contributed by atoms with Crippen LogP contribution in [0.1, 0.15) is 36.0 Å². The number of carbonyl (C=O) groups is 3. The second-order valence-corrected chi connectivity index (χ2v) is 4.53. The molecule has 0 aromatic carbocycles. The Labute approximate surface area is 122 Å². The third kappa shape index (κ3) is 6.51. The number of amides is 1. The number of carbonyl (C=O) groups excluding carboxylic acids is 1. The summed E-state index contributed by atoms with van der Waals surface area (Å²) < 4.78 is 0. The fourth-order valence-electron chi connectivity index (χ4n) is 1.83. The molecule has 7 heteroatoms. The van der Waals surface area contributed by atoms with E-state index in [2.05, 4.69) is 4.98 Å². The molecule has 7 nitrogen and oxygen atoms in total. The molecule has 0 aliphatic rings. The van der Waals surface area contributed by atoms with Crippen molar-refractivity contribution in [2.24, 2.45) is 0 Å². The molecule has 114 valence electrons. The van der Waals surface area contributed by atoms with Gasteiger partial charge in [0.25, 0.3) is 5.91 Å². The van der Waals surface area contributed by atoms with E-state index in [0.717, 1.165) is 0 Å². The van der Waals surface area contributed by atoms with Crippen molar-refractivity contribution in [2.75, 3.05) is 13.1 Å². The largest absolute Gasteiger partial charge is 0.481 e. The molecule has 0 aliphatic carbocycles. The molecule has 0 fully saturated rings. The van der Waals surface area contributed by atoms with Gasteiger partial charge in [-0.05, 0) is 25.0 Å². The zero-order valence-corrected chi connectivity index (χ0v) is 11.6. The average Bonchev–Trinajstić information content (AvgIpc) is 2.45. The van der Waals surface area contributed by atoms with E-state index in [1.807, 2.05) is 0 Å². The van der Waals surface area contributed by atoms with E-state index in [0.29, 0.717) is 18.4 Å². The number of pyridine rings is 1. The Morgan fingerprint density at radius 2 is 1.62 bits per heavy atom. The first-order chi connectivity index (χ1) is 10.0. The lowest BCUT2D eigenvalue weighted by Gasteiger charge is -2.22. The fraction of sp³-hybridized carbons (Fsp3) is 0.429. The number of carboxylic acid groups (broad SMARTS) is 2. The molecular formula is C14H18N2O5. The summed E-state index contributed by atoms with van der Waals surface area (Å²) >= 11 is 0. The van der Waals surface area contributed by atoms with Crippen LogP contribution in [0, 0.1) is 0 Å². The number of carboxylic acids is 2. The van der Waals surface area contributed by atoms with Crippen LogP contribution in [0.25, 0.3) is 0 Å². The van der Waals surface area contributed by atoms with Crippen molar-refractivity contribution in [2.45, 2.75) is 25.7 Å². The van der Waals surface area contributed by atoms with Crippen molar-refractivity contribution in [3.05, 3.63) is 30.1 Å². The van der Waals surface area contributed by atoms with Gasteiger partial charge in [0.15, 0.2) is 0 Å². The summed E-state index contributed by atoms with van der Waals surface area (Å²) in [7, 11) is 0. The molecule has 0 saturated heterocycles. The van der Waals surface area contributed by atoms with Gasteiger partial charge in [-0.3, -0.25) is 19.4 Å². The van der Waals surface area contributed by atoms with Crippen LogP contribution in [0.15, 0.2) is 24.5 Å². The summed E-state index contributed by atoms with van der Waals surface area (Å²) in [4.78, 5) is 38.7. The number of aliphatic carboxylic acids is 2. The van der Waals surface area contributed by atoms with Gasteiger partial charge in [0, 0.05) is 38.3 Å². The molecule has 0 radical (unpaired) electrons. The molecular weight excluding hydrogens is 276 g/mol. The standard InChI is InChI=1S/C14H18N2O5/c17-12(18)5-2-8-16(9-3-6-13(19)20)14(21)11-4-1-7-15-10-11/h1,4,7,10H,2-3,5-6,8-9H2,(H,17,18)(H,19,20). The molecule has 0 bridgehead atoms. The molecule has 0 unspecified atom stereocenters. The van der Waals surface area contributed by atoms with Gasteiger partial charge in [-0.2, -0.15) is 0 Å². The van der Waals surface area contributed by atoms with Crippen LogP contribution in [0.5, 0.6) is 0 Å². The van der Waals surface area contributed by atoms with Gasteiger partial charge < -0.3 is 15.1 Å². The van der Waals surface area contributed by atoms with E-state index in [1.165, 1.54) is 11.1 Å². The normalized spacial score (nSPS) is 10.1. The number of hydrogen-bond donors (Lipinski definition) is 2. The molecule has 1 heterocycles. The maximum absolute atomic E-state index is 12.3. The van der Waals surface area contributed by atoms with Crippen molar-refractivity contribution in [1.29, 1.82) is 0 Å². The predicted octanol–water partition coefficient (Wildman–Crippen LogP) is 1.25. The van der Waals surface area contributed by atoms with Gasteiger partial charge in [-0.25, -0.2) is 0 Å². The van der Waals surface area contributed by atoms with Crippen LogP contribution in [-0.2, 0) is 9.59 Å². The van der Waals surface area contributed by atoms with Crippen LogP contribution in [0.2, 0.25) is 0 Å². The lowest BCUT2D eigenvalue weighted by atomic mass is 10.2. The molecule has 21 heavy (non-hydrogen) atoms. The molecule has 1 amide bonds. The second kappa shape index (κ2) is 8.68. The highest BCUT2D eigenvalue weighted by atomic mass is 16.4. The zero-order chi connectivity index (χ0) is 15.7. The van der Waals surface area contributed by atoms with E-state index in [4.69, 9.17) is 10.2 Å². The van der Waals surface area contributed by atoms with Crippen LogP contribution in [0.4, 0.5) is 0 Å². The van der Waals surface area contributed by atoms with Crippen molar-refractivity contribution in [1.82, 2.24) is 9.88 Å². The summed E-state index contributed by atoms with van der Waals surface area (Å²) in [5.74, 6) is -2.11. The first-order valence-corrected chi connectivity index (χ1v) is 6.63. The summed E-state index contributed by atoms with van der Waals surface area (Å²) in [5, 5.41) is 17.3. The summed E-state index contributed by atoms with van der Waals surface area (Å²) in [6, 6.07) is 3.26. The Balaban J connectivity index is 2.63. The third-order valence-corrected chi connectivity index (χ3v) is 2.83. The van der Waals surface area contributed by atoms with E-state index in [-0.39, 0.29) is 31.8 Å². The van der Waals surface area contributed by atoms with Gasteiger partial charge in [0.05, 0.1) is 5.56 Å². The van der Waals surface area contributed by atoms with Gasteiger partial charge in [-0.1, -0.05) is 0 Å². The summed E-state index contributed by atoms with van der Waals surface area (Å²) in [5.41, 5.74) is 0.406. The fourth-order valence-corrected chi connectivity index (χ4v) is 1.83. The minimum atomic E-state index is -0.922. The Kier molecular flexibility index (Phi) is 6.86. The van der Waals surface area contributed by atoms with Crippen molar-refractivity contribution < 1.29 is 24.6 Å². The maximum atomic E-state index is 12.3. The number of rotatable bonds is 9. The predicted molar refractivity (Wildman–Crippen MR) is 73.9 cm³/mol. The molecule has 1 aromatic rings. The Bertz CT molecular complexity index is 469. The Morgan fingerprint density at radius 3 is 2.05 bits per heavy atom. The Morgan fingerprint density at radius 1 is 1.05 bits per heavy atom. The average molecular weight is 294 g/mol. The number of nitrogens with zero attached hydrogens (tertiary/aromatic N) is 2. The third-order valence-electron chi connectivity index (χ3n) is 2.83. The molecule has 0 aliphatic heterocycles. The molecule has 1 rings (SSSR count). The van der Waals surface area contributed by atoms with Gasteiger partial charge in [0.1, 0.15) is 0 Å². The smallest absolute Gasteiger partial charge is 0.303 e. The van der Waals surface area contributed by atoms with E-state index in [1.54, 1.807) is 18.3 Å². The summed E-state index contributed by atoms with van der Waals surface area (Å²) in [6.45, 7) is 0.555. The SMILES string of the molecule is O=C(O)CCCN(CCCC(=O)O)C(=O)c1cccnc1. The first-order valence-electron chi connectivity index (χ1n) is 6.63.